The second-order valence-electron chi connectivity index (χ2n) is 5.89. The van der Waals surface area contributed by atoms with E-state index < -0.39 is 5.54 Å². The van der Waals surface area contributed by atoms with Crippen LogP contribution in [0.2, 0.25) is 0 Å². The number of nitrogens with one attached hydrogen (secondary N) is 2. The highest BCUT2D eigenvalue weighted by molar-refractivity contribution is 7.10. The molecule has 3 heterocycles. The zero-order chi connectivity index (χ0) is 15.9. The van der Waals surface area contributed by atoms with E-state index in [9.17, 15) is 4.79 Å². The lowest BCUT2D eigenvalue weighted by molar-refractivity contribution is -0.129. The first-order valence-electron chi connectivity index (χ1n) is 7.03. The summed E-state index contributed by atoms with van der Waals surface area (Å²) in [5.41, 5.74) is 2.75. The Morgan fingerprint density at radius 3 is 2.86 bits per heavy atom. The van der Waals surface area contributed by atoms with Gasteiger partial charge in [0.1, 0.15) is 7.85 Å². The Labute approximate surface area is 134 Å². The first-order chi connectivity index (χ1) is 10.4. The Bertz CT molecular complexity index is 740. The summed E-state index contributed by atoms with van der Waals surface area (Å²) in [5.74, 6) is 0.101. The normalized spacial score (nSPS) is 21.8. The van der Waals surface area contributed by atoms with Crippen LogP contribution >= 0.6 is 11.3 Å². The van der Waals surface area contributed by atoms with Gasteiger partial charge in [-0.2, -0.15) is 0 Å². The van der Waals surface area contributed by atoms with Crippen molar-refractivity contribution in [1.82, 2.24) is 15.2 Å². The quantitative estimate of drug-likeness (QED) is 0.801. The summed E-state index contributed by atoms with van der Waals surface area (Å²) in [6.07, 6.45) is 4.02. The van der Waals surface area contributed by atoms with Gasteiger partial charge in [-0.05, 0) is 23.9 Å². The Hall–Kier alpha value is -2.15. The fourth-order valence-electron chi connectivity index (χ4n) is 2.57. The Kier molecular flexibility index (Phi) is 3.52. The van der Waals surface area contributed by atoms with Crippen LogP contribution in [0, 0.1) is 5.41 Å². The van der Waals surface area contributed by atoms with Gasteiger partial charge in [-0.15, -0.1) is 11.3 Å². The molecule has 22 heavy (non-hydrogen) atoms. The monoisotopic (exact) mass is 312 g/mol. The van der Waals surface area contributed by atoms with Crippen molar-refractivity contribution in [3.8, 4) is 11.1 Å². The summed E-state index contributed by atoms with van der Waals surface area (Å²) in [5, 5.41) is 13.1. The van der Waals surface area contributed by atoms with Gasteiger partial charge >= 0.3 is 0 Å². The molecule has 0 aromatic carbocycles. The van der Waals surface area contributed by atoms with Crippen LogP contribution < -0.4 is 10.8 Å². The van der Waals surface area contributed by atoms with Crippen molar-refractivity contribution in [3.63, 3.8) is 0 Å². The number of hydrogen-bond donors (Lipinski definition) is 2. The van der Waals surface area contributed by atoms with E-state index in [1.807, 2.05) is 27.2 Å². The predicted octanol–water partition coefficient (Wildman–Crippen LogP) is 0.670. The van der Waals surface area contributed by atoms with Crippen molar-refractivity contribution in [1.29, 1.82) is 5.41 Å². The van der Waals surface area contributed by atoms with E-state index in [1.54, 1.807) is 18.4 Å². The number of amides is 1. The van der Waals surface area contributed by atoms with Crippen molar-refractivity contribution < 1.29 is 4.79 Å². The molecule has 2 aromatic rings. The number of nitrogens with zero attached hydrogens (tertiary/aromatic N) is 2. The van der Waals surface area contributed by atoms with Crippen molar-refractivity contribution in [3.05, 3.63) is 34.8 Å². The smallest absolute Gasteiger partial charge is 0.231 e. The van der Waals surface area contributed by atoms with E-state index in [-0.39, 0.29) is 11.9 Å². The minimum absolute atomic E-state index is 0.0431. The summed E-state index contributed by atoms with van der Waals surface area (Å²) in [4.78, 5) is 18.7. The lowest BCUT2D eigenvalue weighted by Gasteiger charge is -2.38. The largest absolute Gasteiger partial charge is 0.345 e. The minimum Gasteiger partial charge on any atom is -0.345 e. The van der Waals surface area contributed by atoms with Crippen LogP contribution in [0.25, 0.3) is 11.1 Å². The van der Waals surface area contributed by atoms with E-state index in [2.05, 4.69) is 27.8 Å². The Balaban J connectivity index is 1.93. The van der Waals surface area contributed by atoms with Gasteiger partial charge in [0.15, 0.2) is 5.96 Å². The predicted molar refractivity (Wildman–Crippen MR) is 91.3 cm³/mol. The number of carbonyl (C=O) groups excluding carboxylic acids is 1. The van der Waals surface area contributed by atoms with Crippen LogP contribution in [-0.4, -0.2) is 36.6 Å². The van der Waals surface area contributed by atoms with Gasteiger partial charge in [-0.25, -0.2) is 0 Å². The summed E-state index contributed by atoms with van der Waals surface area (Å²) in [6, 6.07) is 4.18. The molecule has 112 valence electrons. The van der Waals surface area contributed by atoms with Crippen LogP contribution in [0.5, 0.6) is 0 Å². The van der Waals surface area contributed by atoms with Crippen LogP contribution in [-0.2, 0) is 10.3 Å². The maximum atomic E-state index is 12.1. The average molecular weight is 312 g/mol. The number of guanidine groups is 1. The maximum absolute atomic E-state index is 12.1. The van der Waals surface area contributed by atoms with Gasteiger partial charge in [-0.1, -0.05) is 11.5 Å². The molecule has 2 aromatic heterocycles. The maximum Gasteiger partial charge on any atom is 0.231 e. The topological polar surface area (TPSA) is 69.1 Å². The van der Waals surface area contributed by atoms with E-state index in [4.69, 9.17) is 5.41 Å². The Morgan fingerprint density at radius 2 is 2.18 bits per heavy atom. The summed E-state index contributed by atoms with van der Waals surface area (Å²) < 4.78 is 0. The number of pyridine rings is 1. The van der Waals surface area contributed by atoms with Crippen molar-refractivity contribution >= 4 is 36.5 Å². The molecule has 7 heteroatoms. The third kappa shape index (κ3) is 2.52. The van der Waals surface area contributed by atoms with Gasteiger partial charge < -0.3 is 5.32 Å². The second kappa shape index (κ2) is 5.24. The fraction of sp³-hybridized carbons (Fsp3) is 0.267. The SMILES string of the molecule is Bc1cncc(-c2csc([C@]3(C)CC(=O)N(C)C(=N)N3)c2)c1. The molecule has 1 aliphatic heterocycles. The standard InChI is InChI=1S/C15H17BN4OS/c1-15(5-13(21)20(2)14(17)19-15)12-4-10(8-22-12)9-3-11(16)7-18-6-9/h3-4,6-8H,5,16H2,1-2H3,(H2,17,19)/t15-/m0/s1. The first-order valence-corrected chi connectivity index (χ1v) is 7.91. The molecule has 2 N–H and O–H groups in total. The second-order valence-corrected chi connectivity index (χ2v) is 6.80. The molecule has 0 saturated carbocycles. The lowest BCUT2D eigenvalue weighted by atomic mass is 9.91. The number of aromatic nitrogens is 1. The van der Waals surface area contributed by atoms with Crippen molar-refractivity contribution in [2.75, 3.05) is 7.05 Å². The molecular weight excluding hydrogens is 295 g/mol. The number of carbonyl (C=O) groups is 1. The van der Waals surface area contributed by atoms with Crippen LogP contribution in [0.4, 0.5) is 0 Å². The van der Waals surface area contributed by atoms with Crippen LogP contribution in [0.15, 0.2) is 29.9 Å². The molecule has 1 fully saturated rings. The molecule has 1 aliphatic rings. The van der Waals surface area contributed by atoms with Crippen LogP contribution in [0.1, 0.15) is 18.2 Å². The molecule has 0 radical (unpaired) electrons. The zero-order valence-electron chi connectivity index (χ0n) is 12.8. The number of hydrogen-bond acceptors (Lipinski definition) is 4. The molecule has 3 rings (SSSR count). The number of rotatable bonds is 2. The molecule has 0 unspecified atom stereocenters. The molecular formula is C15H17BN4OS. The minimum atomic E-state index is -0.527. The van der Waals surface area contributed by atoms with Gasteiger partial charge in [0.05, 0.1) is 12.0 Å². The van der Waals surface area contributed by atoms with Crippen molar-refractivity contribution in [2.45, 2.75) is 18.9 Å². The van der Waals surface area contributed by atoms with E-state index in [0.717, 1.165) is 21.5 Å². The molecule has 0 aliphatic carbocycles. The number of thiophene rings is 1. The van der Waals surface area contributed by atoms with E-state index >= 15 is 0 Å². The highest BCUT2D eigenvalue weighted by Crippen LogP contribution is 2.35. The summed E-state index contributed by atoms with van der Waals surface area (Å²) in [6.45, 7) is 1.97. The van der Waals surface area contributed by atoms with Gasteiger partial charge in [0.25, 0.3) is 0 Å². The fourth-order valence-corrected chi connectivity index (χ4v) is 3.61. The first kappa shape index (κ1) is 14.8. The molecule has 5 nitrogen and oxygen atoms in total. The third-order valence-corrected chi connectivity index (χ3v) is 5.15. The molecule has 0 spiro atoms. The zero-order valence-corrected chi connectivity index (χ0v) is 13.6. The van der Waals surface area contributed by atoms with E-state index in [0.29, 0.717) is 6.42 Å². The van der Waals surface area contributed by atoms with Gasteiger partial charge in [0.2, 0.25) is 5.91 Å². The van der Waals surface area contributed by atoms with Gasteiger partial charge in [0, 0.05) is 29.9 Å². The summed E-state index contributed by atoms with van der Waals surface area (Å²) in [7, 11) is 3.64. The lowest BCUT2D eigenvalue weighted by Crippen LogP contribution is -2.57. The van der Waals surface area contributed by atoms with Gasteiger partial charge in [-0.3, -0.25) is 20.1 Å². The van der Waals surface area contributed by atoms with Crippen LogP contribution in [0.3, 0.4) is 0 Å². The Morgan fingerprint density at radius 1 is 1.41 bits per heavy atom. The highest BCUT2D eigenvalue weighted by atomic mass is 32.1. The highest BCUT2D eigenvalue weighted by Gasteiger charge is 2.38. The molecule has 1 amide bonds. The average Bonchev–Trinajstić information content (AvgIpc) is 2.95. The summed E-state index contributed by atoms with van der Waals surface area (Å²) >= 11 is 1.60. The van der Waals surface area contributed by atoms with Crippen molar-refractivity contribution in [2.24, 2.45) is 0 Å². The third-order valence-electron chi connectivity index (χ3n) is 3.96. The van der Waals surface area contributed by atoms with E-state index in [1.165, 1.54) is 4.90 Å². The molecule has 1 atom stereocenters. The molecule has 0 bridgehead atoms. The molecule has 1 saturated heterocycles.